The summed E-state index contributed by atoms with van der Waals surface area (Å²) in [7, 11) is 1.66. The Hall–Kier alpha value is -2.91. The number of carbonyl (C=O) groups is 4. The van der Waals surface area contributed by atoms with Crippen LogP contribution in [0.4, 0.5) is 10.5 Å². The lowest BCUT2D eigenvalue weighted by molar-refractivity contribution is -0.136. The van der Waals surface area contributed by atoms with E-state index in [0.29, 0.717) is 29.2 Å². The van der Waals surface area contributed by atoms with E-state index in [4.69, 9.17) is 11.6 Å². The first-order chi connectivity index (χ1) is 14.8. The maximum absolute atomic E-state index is 12.8. The van der Waals surface area contributed by atoms with Crippen molar-refractivity contribution in [3.8, 4) is 0 Å². The first-order valence-electron chi connectivity index (χ1n) is 9.78. The van der Waals surface area contributed by atoms with Crippen molar-refractivity contribution in [2.75, 3.05) is 11.9 Å². The molecular weight excluding hydrogens is 440 g/mol. The molecular formula is C21H21ClN4O4S. The molecule has 1 fully saturated rings. The van der Waals surface area contributed by atoms with Crippen LogP contribution in [0.3, 0.4) is 0 Å². The summed E-state index contributed by atoms with van der Waals surface area (Å²) < 4.78 is 0. The number of hydrogen-bond acceptors (Lipinski definition) is 5. The van der Waals surface area contributed by atoms with E-state index in [0.717, 1.165) is 16.0 Å². The minimum atomic E-state index is -0.650. The topological polar surface area (TPSA) is 98.8 Å². The number of nitrogens with zero attached hydrogens (tertiary/aromatic N) is 2. The first kappa shape index (κ1) is 21.3. The Bertz CT molecular complexity index is 1100. The predicted molar refractivity (Wildman–Crippen MR) is 117 cm³/mol. The number of imide groups is 1. The normalized spacial score (nSPS) is 18.1. The van der Waals surface area contributed by atoms with E-state index in [1.54, 1.807) is 18.5 Å². The smallest absolute Gasteiger partial charge is 0.321 e. The van der Waals surface area contributed by atoms with Crippen LogP contribution in [-0.2, 0) is 22.7 Å². The second-order valence-electron chi connectivity index (χ2n) is 7.60. The van der Waals surface area contributed by atoms with E-state index in [1.165, 1.54) is 21.1 Å². The molecule has 0 bridgehead atoms. The molecule has 4 rings (SSSR count). The number of nitrogens with one attached hydrogen (secondary N) is 2. The standard InChI is InChI=1S/C21H21ClN4O4S/c1-11-3-4-12(7-15(11)22)25(2)21(30)23-8-17-13-9-26(20(29)14(13)10-31-17)16-5-6-18(27)24-19(16)28/h3-4,7,10,16H,5-6,8-9H2,1-2H3,(H,23,30)(H,24,27,28). The summed E-state index contributed by atoms with van der Waals surface area (Å²) in [5.41, 5.74) is 2.97. The van der Waals surface area contributed by atoms with Crippen molar-refractivity contribution in [2.24, 2.45) is 0 Å². The monoisotopic (exact) mass is 460 g/mol. The van der Waals surface area contributed by atoms with Crippen molar-refractivity contribution < 1.29 is 19.2 Å². The van der Waals surface area contributed by atoms with Crippen molar-refractivity contribution in [1.29, 1.82) is 0 Å². The van der Waals surface area contributed by atoms with Gasteiger partial charge in [0.25, 0.3) is 5.91 Å². The van der Waals surface area contributed by atoms with Crippen LogP contribution in [0.25, 0.3) is 0 Å². The van der Waals surface area contributed by atoms with E-state index < -0.39 is 11.9 Å². The van der Waals surface area contributed by atoms with E-state index in [1.807, 2.05) is 19.1 Å². The van der Waals surface area contributed by atoms with Gasteiger partial charge >= 0.3 is 6.03 Å². The Balaban J connectivity index is 1.42. The quantitative estimate of drug-likeness (QED) is 0.685. The van der Waals surface area contributed by atoms with E-state index in [2.05, 4.69) is 10.6 Å². The minimum absolute atomic E-state index is 0.214. The molecule has 2 N–H and O–H groups in total. The van der Waals surface area contributed by atoms with Gasteiger partial charge < -0.3 is 10.2 Å². The maximum atomic E-state index is 12.8. The molecule has 1 atom stereocenters. The van der Waals surface area contributed by atoms with E-state index >= 15 is 0 Å². The fourth-order valence-electron chi connectivity index (χ4n) is 3.73. The number of carbonyl (C=O) groups excluding carboxylic acids is 4. The maximum Gasteiger partial charge on any atom is 0.321 e. The second kappa shape index (κ2) is 8.32. The Kier molecular flexibility index (Phi) is 5.72. The molecule has 0 saturated carbocycles. The molecule has 0 radical (unpaired) electrons. The van der Waals surface area contributed by atoms with Gasteiger partial charge in [0.15, 0.2) is 0 Å². The number of halogens is 1. The minimum Gasteiger partial charge on any atom is -0.333 e. The molecule has 5 amide bonds. The zero-order valence-electron chi connectivity index (χ0n) is 17.0. The third-order valence-electron chi connectivity index (χ3n) is 5.63. The average molecular weight is 461 g/mol. The fourth-order valence-corrected chi connectivity index (χ4v) is 4.88. The van der Waals surface area contributed by atoms with Crippen molar-refractivity contribution in [3.63, 3.8) is 0 Å². The number of amides is 5. The molecule has 10 heteroatoms. The Morgan fingerprint density at radius 2 is 2.13 bits per heavy atom. The summed E-state index contributed by atoms with van der Waals surface area (Å²) in [6.45, 7) is 2.45. The van der Waals surface area contributed by atoms with Crippen LogP contribution < -0.4 is 15.5 Å². The zero-order chi connectivity index (χ0) is 22.3. The van der Waals surface area contributed by atoms with Crippen LogP contribution in [-0.4, -0.2) is 41.7 Å². The van der Waals surface area contributed by atoms with E-state index in [9.17, 15) is 19.2 Å². The number of thiophene rings is 1. The van der Waals surface area contributed by atoms with Gasteiger partial charge in [-0.1, -0.05) is 17.7 Å². The number of anilines is 1. The van der Waals surface area contributed by atoms with Gasteiger partial charge in [-0.25, -0.2) is 4.79 Å². The molecule has 1 saturated heterocycles. The SMILES string of the molecule is Cc1ccc(N(C)C(=O)NCc2scc3c2CN(C2CCC(=O)NC2=O)C3=O)cc1Cl. The molecule has 162 valence electrons. The third kappa shape index (κ3) is 4.03. The van der Waals surface area contributed by atoms with Crippen molar-refractivity contribution in [1.82, 2.24) is 15.5 Å². The van der Waals surface area contributed by atoms with Crippen molar-refractivity contribution in [2.45, 2.75) is 38.9 Å². The molecule has 0 spiro atoms. The lowest BCUT2D eigenvalue weighted by Crippen LogP contribution is -2.52. The van der Waals surface area contributed by atoms with Crippen molar-refractivity contribution >= 4 is 52.4 Å². The van der Waals surface area contributed by atoms with Gasteiger partial charge in [0, 0.05) is 41.0 Å². The Labute approximate surface area is 188 Å². The van der Waals surface area contributed by atoms with Gasteiger partial charge in [-0.3, -0.25) is 24.6 Å². The summed E-state index contributed by atoms with van der Waals surface area (Å²) in [5, 5.41) is 7.51. The Morgan fingerprint density at radius 3 is 2.84 bits per heavy atom. The molecule has 8 nitrogen and oxygen atoms in total. The number of benzene rings is 1. The molecule has 2 aromatic rings. The highest BCUT2D eigenvalue weighted by atomic mass is 35.5. The van der Waals surface area contributed by atoms with Crippen LogP contribution in [0.15, 0.2) is 23.6 Å². The molecule has 0 aliphatic carbocycles. The predicted octanol–water partition coefficient (Wildman–Crippen LogP) is 2.82. The van der Waals surface area contributed by atoms with Crippen LogP contribution in [0, 0.1) is 6.92 Å². The highest BCUT2D eigenvalue weighted by Crippen LogP contribution is 2.33. The lowest BCUT2D eigenvalue weighted by Gasteiger charge is -2.29. The first-order valence-corrected chi connectivity index (χ1v) is 11.0. The summed E-state index contributed by atoms with van der Waals surface area (Å²) in [5.74, 6) is -0.971. The molecule has 3 heterocycles. The number of piperidine rings is 1. The molecule has 2 aliphatic rings. The molecule has 2 aliphatic heterocycles. The van der Waals surface area contributed by atoms with Crippen LogP contribution >= 0.6 is 22.9 Å². The number of fused-ring (bicyclic) bond motifs is 1. The third-order valence-corrected chi connectivity index (χ3v) is 7.07. The molecule has 1 unspecified atom stereocenters. The lowest BCUT2D eigenvalue weighted by atomic mass is 10.0. The summed E-state index contributed by atoms with van der Waals surface area (Å²) >= 11 is 7.56. The van der Waals surface area contributed by atoms with E-state index in [-0.39, 0.29) is 30.8 Å². The average Bonchev–Trinajstić information content (AvgIpc) is 3.28. The molecule has 31 heavy (non-hydrogen) atoms. The largest absolute Gasteiger partial charge is 0.333 e. The fraction of sp³-hybridized carbons (Fsp3) is 0.333. The number of rotatable bonds is 4. The van der Waals surface area contributed by atoms with Gasteiger partial charge in [-0.2, -0.15) is 0 Å². The molecule has 1 aromatic heterocycles. The zero-order valence-corrected chi connectivity index (χ0v) is 18.6. The van der Waals surface area contributed by atoms with Gasteiger partial charge in [-0.05, 0) is 36.6 Å². The van der Waals surface area contributed by atoms with Gasteiger partial charge in [0.05, 0.1) is 12.1 Å². The Morgan fingerprint density at radius 1 is 1.35 bits per heavy atom. The van der Waals surface area contributed by atoms with Gasteiger partial charge in [-0.15, -0.1) is 11.3 Å². The summed E-state index contributed by atoms with van der Waals surface area (Å²) in [4.78, 5) is 52.8. The highest BCUT2D eigenvalue weighted by Gasteiger charge is 2.40. The number of urea groups is 1. The number of aryl methyl sites for hydroxylation is 1. The van der Waals surface area contributed by atoms with Crippen LogP contribution in [0.1, 0.15) is 39.2 Å². The summed E-state index contributed by atoms with van der Waals surface area (Å²) in [6.07, 6.45) is 0.533. The van der Waals surface area contributed by atoms with Gasteiger partial charge in [0.1, 0.15) is 6.04 Å². The second-order valence-corrected chi connectivity index (χ2v) is 8.97. The van der Waals surface area contributed by atoms with Crippen LogP contribution in [0.2, 0.25) is 5.02 Å². The highest BCUT2D eigenvalue weighted by molar-refractivity contribution is 7.10. The van der Waals surface area contributed by atoms with Crippen LogP contribution in [0.5, 0.6) is 0 Å². The molecule has 1 aromatic carbocycles. The number of hydrogen-bond donors (Lipinski definition) is 2. The van der Waals surface area contributed by atoms with Crippen molar-refractivity contribution in [3.05, 3.63) is 50.2 Å². The summed E-state index contributed by atoms with van der Waals surface area (Å²) in [6, 6.07) is 4.45. The van der Waals surface area contributed by atoms with Gasteiger partial charge in [0.2, 0.25) is 11.8 Å².